The van der Waals surface area contributed by atoms with Gasteiger partial charge >= 0.3 is 0 Å². The maximum Gasteiger partial charge on any atom is 0.264 e. The van der Waals surface area contributed by atoms with Gasteiger partial charge in [-0.1, -0.05) is 49.6 Å². The molecule has 0 aliphatic carbocycles. The van der Waals surface area contributed by atoms with Crippen LogP contribution in [0.15, 0.2) is 60.1 Å². The van der Waals surface area contributed by atoms with Crippen LogP contribution in [0.1, 0.15) is 47.1 Å². The van der Waals surface area contributed by atoms with E-state index in [1.54, 1.807) is 0 Å². The highest BCUT2D eigenvalue weighted by Gasteiger charge is 2.18. The zero-order chi connectivity index (χ0) is 19.1. The smallest absolute Gasteiger partial charge is 0.264 e. The van der Waals surface area contributed by atoms with Crippen LogP contribution < -0.4 is 0 Å². The number of carbonyl (C=O) groups excluding carboxylic acids is 1. The van der Waals surface area contributed by atoms with Crippen LogP contribution >= 0.6 is 22.9 Å². The van der Waals surface area contributed by atoms with Gasteiger partial charge in [-0.15, -0.1) is 11.3 Å². The quantitative estimate of drug-likeness (QED) is 0.399. The molecule has 1 aromatic carbocycles. The normalized spacial score (nSPS) is 10.9. The van der Waals surface area contributed by atoms with Gasteiger partial charge in [0.1, 0.15) is 0 Å². The molecule has 0 radical (unpaired) electrons. The SMILES string of the molecule is CCCCCN(Cc1cccn1Cc1cccc(Cl)c1)C(=O)c1cccs1. The van der Waals surface area contributed by atoms with E-state index in [9.17, 15) is 4.79 Å². The van der Waals surface area contributed by atoms with Crippen LogP contribution in [0.2, 0.25) is 5.02 Å². The zero-order valence-corrected chi connectivity index (χ0v) is 17.2. The van der Waals surface area contributed by atoms with Gasteiger partial charge in [0.2, 0.25) is 0 Å². The highest BCUT2D eigenvalue weighted by Crippen LogP contribution is 2.18. The minimum absolute atomic E-state index is 0.122. The molecule has 0 N–H and O–H groups in total. The van der Waals surface area contributed by atoms with Crippen molar-refractivity contribution in [1.82, 2.24) is 9.47 Å². The van der Waals surface area contributed by atoms with Crippen LogP contribution in [0.3, 0.4) is 0 Å². The van der Waals surface area contributed by atoms with E-state index < -0.39 is 0 Å². The molecule has 0 aliphatic rings. The highest BCUT2D eigenvalue weighted by atomic mass is 35.5. The molecule has 0 bridgehead atoms. The van der Waals surface area contributed by atoms with Crippen molar-refractivity contribution in [1.29, 1.82) is 0 Å². The third-order valence-electron chi connectivity index (χ3n) is 4.57. The number of thiophene rings is 1. The minimum atomic E-state index is 0.122. The summed E-state index contributed by atoms with van der Waals surface area (Å²) in [6, 6.07) is 15.9. The number of aromatic nitrogens is 1. The summed E-state index contributed by atoms with van der Waals surface area (Å²) in [5.41, 5.74) is 2.29. The molecule has 3 nitrogen and oxygen atoms in total. The van der Waals surface area contributed by atoms with Gasteiger partial charge in [0, 0.05) is 30.0 Å². The molecule has 0 aliphatic heterocycles. The summed E-state index contributed by atoms with van der Waals surface area (Å²) in [6.45, 7) is 4.33. The van der Waals surface area contributed by atoms with Crippen molar-refractivity contribution in [2.24, 2.45) is 0 Å². The monoisotopic (exact) mass is 400 g/mol. The molecule has 1 amide bonds. The Morgan fingerprint density at radius 1 is 1.15 bits per heavy atom. The molecule has 0 unspecified atom stereocenters. The van der Waals surface area contributed by atoms with Gasteiger partial charge in [-0.25, -0.2) is 0 Å². The third kappa shape index (κ3) is 5.47. The molecule has 0 saturated heterocycles. The Morgan fingerprint density at radius 2 is 2.04 bits per heavy atom. The molecule has 142 valence electrons. The van der Waals surface area contributed by atoms with Crippen LogP contribution in [0, 0.1) is 0 Å². The van der Waals surface area contributed by atoms with E-state index in [1.165, 1.54) is 11.3 Å². The van der Waals surface area contributed by atoms with E-state index in [-0.39, 0.29) is 5.91 Å². The van der Waals surface area contributed by atoms with Gasteiger partial charge < -0.3 is 9.47 Å². The first-order chi connectivity index (χ1) is 13.2. The van der Waals surface area contributed by atoms with Gasteiger partial charge in [-0.05, 0) is 47.7 Å². The number of halogens is 1. The van der Waals surface area contributed by atoms with Crippen molar-refractivity contribution in [3.8, 4) is 0 Å². The van der Waals surface area contributed by atoms with Gasteiger partial charge in [-0.2, -0.15) is 0 Å². The molecular weight excluding hydrogens is 376 g/mol. The van der Waals surface area contributed by atoms with Crippen molar-refractivity contribution < 1.29 is 4.79 Å². The van der Waals surface area contributed by atoms with Crippen molar-refractivity contribution in [2.45, 2.75) is 39.3 Å². The first-order valence-corrected chi connectivity index (χ1v) is 10.6. The summed E-state index contributed by atoms with van der Waals surface area (Å²) < 4.78 is 2.19. The summed E-state index contributed by atoms with van der Waals surface area (Å²) in [4.78, 5) is 15.7. The summed E-state index contributed by atoms with van der Waals surface area (Å²) >= 11 is 7.62. The number of unbranched alkanes of at least 4 members (excludes halogenated alkanes) is 2. The molecule has 0 fully saturated rings. The van der Waals surface area contributed by atoms with E-state index in [2.05, 4.69) is 29.8 Å². The molecule has 3 aromatic rings. The number of benzene rings is 1. The van der Waals surface area contributed by atoms with Crippen LogP contribution in [0.5, 0.6) is 0 Å². The lowest BCUT2D eigenvalue weighted by atomic mass is 10.2. The maximum absolute atomic E-state index is 13.0. The number of hydrogen-bond acceptors (Lipinski definition) is 2. The Kier molecular flexibility index (Phi) is 7.13. The third-order valence-corrected chi connectivity index (χ3v) is 5.66. The highest BCUT2D eigenvalue weighted by molar-refractivity contribution is 7.12. The van der Waals surface area contributed by atoms with Gasteiger partial charge in [0.15, 0.2) is 0 Å². The van der Waals surface area contributed by atoms with Crippen LogP contribution in [-0.4, -0.2) is 21.9 Å². The Hall–Kier alpha value is -2.04. The number of rotatable bonds is 9. The molecule has 0 saturated carbocycles. The number of carbonyl (C=O) groups is 1. The molecule has 3 rings (SSSR count). The second-order valence-electron chi connectivity index (χ2n) is 6.67. The lowest BCUT2D eigenvalue weighted by Gasteiger charge is -2.23. The zero-order valence-electron chi connectivity index (χ0n) is 15.6. The molecule has 5 heteroatoms. The fraction of sp³-hybridized carbons (Fsp3) is 0.318. The summed E-state index contributed by atoms with van der Waals surface area (Å²) in [6.07, 6.45) is 5.38. The first-order valence-electron chi connectivity index (χ1n) is 9.38. The van der Waals surface area contributed by atoms with Crippen molar-refractivity contribution >= 4 is 28.8 Å². The largest absolute Gasteiger partial charge is 0.345 e. The lowest BCUT2D eigenvalue weighted by molar-refractivity contribution is 0.0741. The maximum atomic E-state index is 13.0. The Labute approximate surface area is 170 Å². The van der Waals surface area contributed by atoms with Crippen LogP contribution in [0.25, 0.3) is 0 Å². The predicted molar refractivity (Wildman–Crippen MR) is 114 cm³/mol. The van der Waals surface area contributed by atoms with Gasteiger partial charge in [0.05, 0.1) is 11.4 Å². The summed E-state index contributed by atoms with van der Waals surface area (Å²) in [7, 11) is 0. The minimum Gasteiger partial charge on any atom is -0.345 e. The second-order valence-corrected chi connectivity index (χ2v) is 8.05. The number of hydrogen-bond donors (Lipinski definition) is 0. The molecule has 2 heterocycles. The number of nitrogens with zero attached hydrogens (tertiary/aromatic N) is 2. The van der Waals surface area contributed by atoms with Crippen molar-refractivity contribution in [2.75, 3.05) is 6.54 Å². The van der Waals surface area contributed by atoms with Crippen LogP contribution in [0.4, 0.5) is 0 Å². The Bertz CT molecular complexity index is 857. The van der Waals surface area contributed by atoms with Gasteiger partial charge in [-0.3, -0.25) is 4.79 Å². The first kappa shape index (κ1) is 19.7. The molecule has 27 heavy (non-hydrogen) atoms. The molecule has 0 spiro atoms. The van der Waals surface area contributed by atoms with Crippen molar-refractivity contribution in [3.05, 3.63) is 81.3 Å². The average molecular weight is 401 g/mol. The molecular formula is C22H25ClN2OS. The van der Waals surface area contributed by atoms with E-state index in [4.69, 9.17) is 11.6 Å². The lowest BCUT2D eigenvalue weighted by Crippen LogP contribution is -2.32. The van der Waals surface area contributed by atoms with E-state index in [0.717, 1.165) is 53.5 Å². The second kappa shape index (κ2) is 9.77. The summed E-state index contributed by atoms with van der Waals surface area (Å²) in [5.74, 6) is 0.122. The Morgan fingerprint density at radius 3 is 2.78 bits per heavy atom. The average Bonchev–Trinajstić information content (AvgIpc) is 3.33. The van der Waals surface area contributed by atoms with E-state index in [1.807, 2.05) is 46.7 Å². The van der Waals surface area contributed by atoms with Gasteiger partial charge in [0.25, 0.3) is 5.91 Å². The fourth-order valence-electron chi connectivity index (χ4n) is 3.14. The topological polar surface area (TPSA) is 25.2 Å². The number of amides is 1. The summed E-state index contributed by atoms with van der Waals surface area (Å²) in [5, 5.41) is 2.70. The van der Waals surface area contributed by atoms with E-state index in [0.29, 0.717) is 6.54 Å². The predicted octanol–water partition coefficient (Wildman–Crippen LogP) is 6.08. The van der Waals surface area contributed by atoms with E-state index >= 15 is 0 Å². The van der Waals surface area contributed by atoms with Crippen molar-refractivity contribution in [3.63, 3.8) is 0 Å². The molecule has 0 atom stereocenters. The standard InChI is InChI=1S/C22H25ClN2OS/c1-2-3-4-12-25(22(26)21-11-7-14-27-21)17-20-10-6-13-24(20)16-18-8-5-9-19(23)15-18/h5-11,13-15H,2-4,12,16-17H2,1H3. The Balaban J connectivity index is 1.75. The molecule has 2 aromatic heterocycles. The van der Waals surface area contributed by atoms with Crippen LogP contribution in [-0.2, 0) is 13.1 Å². The fourth-order valence-corrected chi connectivity index (χ4v) is 4.04.